The Hall–Kier alpha value is -2.05. The molecule has 18 heavy (non-hydrogen) atoms. The number of carboxylic acids is 1. The van der Waals surface area contributed by atoms with Crippen LogP contribution in [0, 0.1) is 5.92 Å². The summed E-state index contributed by atoms with van der Waals surface area (Å²) in [6.07, 6.45) is 4.41. The molecular weight excluding hydrogens is 236 g/mol. The molecule has 0 aromatic carbocycles. The van der Waals surface area contributed by atoms with Crippen molar-refractivity contribution >= 4 is 12.0 Å². The highest BCUT2D eigenvalue weighted by molar-refractivity contribution is 5.75. The van der Waals surface area contributed by atoms with Crippen molar-refractivity contribution in [2.75, 3.05) is 13.1 Å². The Kier molecular flexibility index (Phi) is 3.81. The van der Waals surface area contributed by atoms with Gasteiger partial charge in [-0.2, -0.15) is 5.10 Å². The van der Waals surface area contributed by atoms with Crippen LogP contribution in [0.25, 0.3) is 0 Å². The molecule has 1 aromatic heterocycles. The number of likely N-dealkylation sites (tertiary alicyclic amines) is 1. The van der Waals surface area contributed by atoms with E-state index in [2.05, 4.69) is 15.5 Å². The summed E-state index contributed by atoms with van der Waals surface area (Å²) < 4.78 is 0. The van der Waals surface area contributed by atoms with Gasteiger partial charge in [0.2, 0.25) is 0 Å². The lowest BCUT2D eigenvalue weighted by Gasteiger charge is -2.30. The third-order valence-electron chi connectivity index (χ3n) is 3.13. The molecule has 2 amide bonds. The molecule has 0 spiro atoms. The first-order valence-corrected chi connectivity index (χ1v) is 5.90. The minimum atomic E-state index is -0.770. The maximum absolute atomic E-state index is 11.8. The number of aliphatic carboxylic acids is 1. The van der Waals surface area contributed by atoms with Crippen LogP contribution in [0.1, 0.15) is 18.4 Å². The van der Waals surface area contributed by atoms with Crippen molar-refractivity contribution in [2.24, 2.45) is 5.92 Å². The number of piperidine rings is 1. The number of nitrogens with zero attached hydrogens (tertiary/aromatic N) is 2. The number of aromatic nitrogens is 2. The van der Waals surface area contributed by atoms with E-state index in [-0.39, 0.29) is 11.9 Å². The lowest BCUT2D eigenvalue weighted by atomic mass is 9.97. The molecule has 1 aliphatic heterocycles. The van der Waals surface area contributed by atoms with Crippen molar-refractivity contribution in [3.8, 4) is 0 Å². The molecule has 2 rings (SSSR count). The first kappa shape index (κ1) is 12.4. The van der Waals surface area contributed by atoms with Crippen LogP contribution >= 0.6 is 0 Å². The molecule has 98 valence electrons. The molecule has 1 fully saturated rings. The molecule has 0 saturated carbocycles. The van der Waals surface area contributed by atoms with Crippen molar-refractivity contribution in [2.45, 2.75) is 19.4 Å². The van der Waals surface area contributed by atoms with Crippen LogP contribution < -0.4 is 5.32 Å². The quantitative estimate of drug-likeness (QED) is 0.725. The molecule has 3 N–H and O–H groups in total. The number of hydrogen-bond acceptors (Lipinski definition) is 3. The Balaban J connectivity index is 1.75. The fourth-order valence-electron chi connectivity index (χ4n) is 1.99. The molecule has 0 aliphatic carbocycles. The van der Waals surface area contributed by atoms with Gasteiger partial charge in [-0.15, -0.1) is 0 Å². The monoisotopic (exact) mass is 252 g/mol. The highest BCUT2D eigenvalue weighted by Gasteiger charge is 2.26. The molecule has 2 heterocycles. The zero-order chi connectivity index (χ0) is 13.0. The summed E-state index contributed by atoms with van der Waals surface area (Å²) in [6, 6.07) is -0.153. The number of rotatable bonds is 3. The molecule has 0 unspecified atom stereocenters. The lowest BCUT2D eigenvalue weighted by molar-refractivity contribution is -0.143. The number of H-pyrrole nitrogens is 1. The molecule has 1 aliphatic rings. The Bertz CT molecular complexity index is 410. The highest BCUT2D eigenvalue weighted by atomic mass is 16.4. The van der Waals surface area contributed by atoms with E-state index < -0.39 is 5.97 Å². The summed E-state index contributed by atoms with van der Waals surface area (Å²) in [4.78, 5) is 24.2. The minimum Gasteiger partial charge on any atom is -0.481 e. The number of carboxylic acid groups (broad SMARTS) is 1. The Morgan fingerprint density at radius 2 is 2.22 bits per heavy atom. The molecule has 1 aromatic rings. The summed E-state index contributed by atoms with van der Waals surface area (Å²) in [7, 11) is 0. The van der Waals surface area contributed by atoms with E-state index >= 15 is 0 Å². The van der Waals surface area contributed by atoms with E-state index in [4.69, 9.17) is 5.11 Å². The Morgan fingerprint density at radius 1 is 1.50 bits per heavy atom. The minimum absolute atomic E-state index is 0.153. The van der Waals surface area contributed by atoms with Crippen molar-refractivity contribution in [1.82, 2.24) is 20.4 Å². The predicted octanol–water partition coefficient (Wildman–Crippen LogP) is 0.416. The summed E-state index contributed by atoms with van der Waals surface area (Å²) in [6.45, 7) is 1.41. The number of carbonyl (C=O) groups is 2. The fourth-order valence-corrected chi connectivity index (χ4v) is 1.99. The largest absolute Gasteiger partial charge is 0.481 e. The van der Waals surface area contributed by atoms with Gasteiger partial charge in [0.1, 0.15) is 0 Å². The van der Waals surface area contributed by atoms with E-state index in [1.807, 2.05) is 0 Å². The second kappa shape index (κ2) is 5.52. The average molecular weight is 252 g/mol. The summed E-state index contributed by atoms with van der Waals surface area (Å²) in [5.74, 6) is -1.09. The molecule has 0 bridgehead atoms. The van der Waals surface area contributed by atoms with Crippen molar-refractivity contribution in [3.05, 3.63) is 18.0 Å². The molecular formula is C11H16N4O3. The number of carbonyl (C=O) groups excluding carboxylic acids is 1. The van der Waals surface area contributed by atoms with Gasteiger partial charge in [0.05, 0.1) is 12.1 Å². The summed E-state index contributed by atoms with van der Waals surface area (Å²) in [5, 5.41) is 18.1. The van der Waals surface area contributed by atoms with E-state index in [0.717, 1.165) is 5.56 Å². The van der Waals surface area contributed by atoms with E-state index in [1.54, 1.807) is 17.3 Å². The van der Waals surface area contributed by atoms with Crippen LogP contribution in [0.3, 0.4) is 0 Å². The number of nitrogens with one attached hydrogen (secondary N) is 2. The van der Waals surface area contributed by atoms with Gasteiger partial charge in [-0.25, -0.2) is 4.79 Å². The second-order valence-electron chi connectivity index (χ2n) is 4.36. The number of urea groups is 1. The van der Waals surface area contributed by atoms with Crippen LogP contribution in [0.5, 0.6) is 0 Å². The Morgan fingerprint density at radius 3 is 2.78 bits per heavy atom. The van der Waals surface area contributed by atoms with Crippen molar-refractivity contribution < 1.29 is 14.7 Å². The van der Waals surface area contributed by atoms with Gasteiger partial charge in [0.25, 0.3) is 0 Å². The SMILES string of the molecule is O=C(O)C1CCN(C(=O)NCc2cn[nH]c2)CC1. The van der Waals surface area contributed by atoms with Crippen LogP contribution in [-0.4, -0.2) is 45.3 Å². The van der Waals surface area contributed by atoms with Crippen molar-refractivity contribution in [3.63, 3.8) is 0 Å². The molecule has 7 heteroatoms. The van der Waals surface area contributed by atoms with Crippen molar-refractivity contribution in [1.29, 1.82) is 0 Å². The fraction of sp³-hybridized carbons (Fsp3) is 0.545. The van der Waals surface area contributed by atoms with Crippen LogP contribution in [-0.2, 0) is 11.3 Å². The van der Waals surface area contributed by atoms with E-state index in [1.165, 1.54) is 0 Å². The van der Waals surface area contributed by atoms with Crippen LogP contribution in [0.15, 0.2) is 12.4 Å². The molecule has 1 saturated heterocycles. The zero-order valence-corrected chi connectivity index (χ0v) is 9.93. The van der Waals surface area contributed by atoms with E-state index in [0.29, 0.717) is 32.5 Å². The van der Waals surface area contributed by atoms with E-state index in [9.17, 15) is 9.59 Å². The topological polar surface area (TPSA) is 98.3 Å². The molecule has 7 nitrogen and oxygen atoms in total. The summed E-state index contributed by atoms with van der Waals surface area (Å²) >= 11 is 0. The maximum atomic E-state index is 11.8. The van der Waals surface area contributed by atoms with Gasteiger partial charge in [-0.3, -0.25) is 9.89 Å². The van der Waals surface area contributed by atoms with Gasteiger partial charge in [-0.1, -0.05) is 0 Å². The van der Waals surface area contributed by atoms with Gasteiger partial charge >= 0.3 is 12.0 Å². The number of hydrogen-bond donors (Lipinski definition) is 3. The third kappa shape index (κ3) is 2.99. The second-order valence-corrected chi connectivity index (χ2v) is 4.36. The Labute approximate surface area is 104 Å². The molecule has 0 atom stereocenters. The third-order valence-corrected chi connectivity index (χ3v) is 3.13. The van der Waals surface area contributed by atoms with Gasteiger partial charge in [-0.05, 0) is 12.8 Å². The number of amides is 2. The average Bonchev–Trinajstić information content (AvgIpc) is 2.89. The molecule has 0 radical (unpaired) electrons. The van der Waals surface area contributed by atoms with Gasteiger partial charge in [0.15, 0.2) is 0 Å². The smallest absolute Gasteiger partial charge is 0.317 e. The lowest BCUT2D eigenvalue weighted by Crippen LogP contribution is -2.45. The van der Waals surface area contributed by atoms with Crippen LogP contribution in [0.2, 0.25) is 0 Å². The summed E-state index contributed by atoms with van der Waals surface area (Å²) in [5.41, 5.74) is 0.906. The van der Waals surface area contributed by atoms with Crippen LogP contribution in [0.4, 0.5) is 4.79 Å². The zero-order valence-electron chi connectivity index (χ0n) is 9.93. The van der Waals surface area contributed by atoms with Gasteiger partial charge < -0.3 is 15.3 Å². The predicted molar refractivity (Wildman–Crippen MR) is 62.8 cm³/mol. The standard InChI is InChI=1S/C11H16N4O3/c16-10(17)9-1-3-15(4-2-9)11(18)12-5-8-6-13-14-7-8/h6-7,9H,1-5H2,(H,12,18)(H,13,14)(H,16,17). The van der Waals surface area contributed by atoms with Gasteiger partial charge in [0, 0.05) is 31.4 Å². The first-order chi connectivity index (χ1) is 8.66. The first-order valence-electron chi connectivity index (χ1n) is 5.90. The number of aromatic amines is 1. The normalized spacial score (nSPS) is 16.6. The maximum Gasteiger partial charge on any atom is 0.317 e. The highest BCUT2D eigenvalue weighted by Crippen LogP contribution is 2.17.